The smallest absolute Gasteiger partial charge is 0.343 e. The van der Waals surface area contributed by atoms with E-state index in [1.54, 1.807) is 48.5 Å². The highest BCUT2D eigenvalue weighted by Crippen LogP contribution is 2.30. The summed E-state index contributed by atoms with van der Waals surface area (Å²) in [5, 5.41) is 2.72. The maximum atomic E-state index is 13.0. The highest BCUT2D eigenvalue weighted by Gasteiger charge is 2.38. The molecular formula is C29H27ClN2O4. The molecule has 4 rings (SSSR count). The summed E-state index contributed by atoms with van der Waals surface area (Å²) in [7, 11) is 0. The van der Waals surface area contributed by atoms with E-state index in [1.807, 2.05) is 31.2 Å². The van der Waals surface area contributed by atoms with Gasteiger partial charge in [0.2, 0.25) is 0 Å². The molecule has 3 aromatic rings. The molecule has 1 aliphatic heterocycles. The Morgan fingerprint density at radius 2 is 1.50 bits per heavy atom. The third kappa shape index (κ3) is 5.19. The molecule has 6 nitrogen and oxygen atoms in total. The predicted octanol–water partition coefficient (Wildman–Crippen LogP) is 6.20. The molecule has 0 radical (unpaired) electrons. The third-order valence-corrected chi connectivity index (χ3v) is 6.30. The lowest BCUT2D eigenvalue weighted by Crippen LogP contribution is -2.32. The van der Waals surface area contributed by atoms with Gasteiger partial charge in [-0.25, -0.2) is 9.69 Å². The normalized spacial score (nSPS) is 13.9. The molecule has 7 heteroatoms. The lowest BCUT2D eigenvalue weighted by Gasteiger charge is -2.19. The summed E-state index contributed by atoms with van der Waals surface area (Å²) in [6, 6.07) is 21.0. The second-order valence-electron chi connectivity index (χ2n) is 9.52. The van der Waals surface area contributed by atoms with Gasteiger partial charge in [-0.3, -0.25) is 9.59 Å². The molecule has 0 unspecified atom stereocenters. The van der Waals surface area contributed by atoms with E-state index in [4.69, 9.17) is 16.3 Å². The largest absolute Gasteiger partial charge is 0.423 e. The van der Waals surface area contributed by atoms with E-state index >= 15 is 0 Å². The average Bonchev–Trinajstić information content (AvgIpc) is 3.07. The quantitative estimate of drug-likeness (QED) is 0.247. The van der Waals surface area contributed by atoms with Crippen LogP contribution in [-0.4, -0.2) is 17.8 Å². The van der Waals surface area contributed by atoms with Crippen LogP contribution in [0.1, 0.15) is 49.2 Å². The Morgan fingerprint density at radius 3 is 2.06 bits per heavy atom. The Balaban J connectivity index is 1.44. The van der Waals surface area contributed by atoms with E-state index in [9.17, 15) is 14.4 Å². The van der Waals surface area contributed by atoms with Crippen molar-refractivity contribution in [3.05, 3.63) is 100 Å². The SMILES string of the molecule is CCc1ccc(N2C(=O)C(Cl)=C(Nc3ccc(C(=O)Oc4ccc(C(C)(C)C)cc4)cc3)C2=O)cc1. The summed E-state index contributed by atoms with van der Waals surface area (Å²) in [6.45, 7) is 8.37. The van der Waals surface area contributed by atoms with Gasteiger partial charge in [0.25, 0.3) is 11.8 Å². The van der Waals surface area contributed by atoms with Crippen molar-refractivity contribution in [1.29, 1.82) is 0 Å². The molecule has 1 heterocycles. The van der Waals surface area contributed by atoms with Crippen LogP contribution in [-0.2, 0) is 21.4 Å². The lowest BCUT2D eigenvalue weighted by atomic mass is 9.87. The van der Waals surface area contributed by atoms with Crippen molar-refractivity contribution in [2.45, 2.75) is 39.5 Å². The van der Waals surface area contributed by atoms with E-state index in [0.717, 1.165) is 22.4 Å². The number of esters is 1. The molecule has 0 saturated carbocycles. The van der Waals surface area contributed by atoms with Crippen LogP contribution in [0.2, 0.25) is 0 Å². The molecule has 1 aliphatic rings. The van der Waals surface area contributed by atoms with E-state index in [-0.39, 0.29) is 16.1 Å². The van der Waals surface area contributed by atoms with Crippen LogP contribution in [0.15, 0.2) is 83.5 Å². The highest BCUT2D eigenvalue weighted by molar-refractivity contribution is 6.53. The molecule has 0 aliphatic carbocycles. The first-order chi connectivity index (χ1) is 17.1. The van der Waals surface area contributed by atoms with Gasteiger partial charge in [0.1, 0.15) is 16.5 Å². The number of aryl methyl sites for hydroxylation is 1. The van der Waals surface area contributed by atoms with Gasteiger partial charge >= 0.3 is 5.97 Å². The zero-order valence-electron chi connectivity index (χ0n) is 20.6. The minimum absolute atomic E-state index is 0.00569. The van der Waals surface area contributed by atoms with Gasteiger partial charge < -0.3 is 10.1 Å². The monoisotopic (exact) mass is 502 g/mol. The number of ether oxygens (including phenoxy) is 1. The number of nitrogens with zero attached hydrogens (tertiary/aromatic N) is 1. The van der Waals surface area contributed by atoms with Crippen molar-refractivity contribution in [2.75, 3.05) is 10.2 Å². The van der Waals surface area contributed by atoms with Crippen LogP contribution >= 0.6 is 11.6 Å². The number of hydrogen-bond acceptors (Lipinski definition) is 5. The van der Waals surface area contributed by atoms with Gasteiger partial charge in [-0.05, 0) is 71.5 Å². The molecular weight excluding hydrogens is 476 g/mol. The zero-order valence-corrected chi connectivity index (χ0v) is 21.3. The number of carbonyl (C=O) groups excluding carboxylic acids is 3. The number of anilines is 2. The van der Waals surface area contributed by atoms with E-state index in [2.05, 4.69) is 26.1 Å². The Kier molecular flexibility index (Phi) is 7.00. The summed E-state index contributed by atoms with van der Waals surface area (Å²) in [4.78, 5) is 39.3. The second kappa shape index (κ2) is 9.99. The first kappa shape index (κ1) is 25.2. The van der Waals surface area contributed by atoms with Gasteiger partial charge in [-0.1, -0.05) is 63.6 Å². The van der Waals surface area contributed by atoms with Crippen molar-refractivity contribution in [3.8, 4) is 5.75 Å². The summed E-state index contributed by atoms with van der Waals surface area (Å²) >= 11 is 6.22. The van der Waals surface area contributed by atoms with Crippen molar-refractivity contribution in [2.24, 2.45) is 0 Å². The van der Waals surface area contributed by atoms with Crippen molar-refractivity contribution in [1.82, 2.24) is 0 Å². The maximum Gasteiger partial charge on any atom is 0.343 e. The summed E-state index contributed by atoms with van der Waals surface area (Å²) < 4.78 is 5.47. The number of nitrogens with one attached hydrogen (secondary N) is 1. The fourth-order valence-electron chi connectivity index (χ4n) is 3.75. The number of rotatable bonds is 6. The summed E-state index contributed by atoms with van der Waals surface area (Å²) in [5.74, 6) is -1.19. The van der Waals surface area contributed by atoms with Crippen molar-refractivity contribution >= 4 is 40.8 Å². The van der Waals surface area contributed by atoms with Crippen LogP contribution in [0.25, 0.3) is 0 Å². The highest BCUT2D eigenvalue weighted by atomic mass is 35.5. The van der Waals surface area contributed by atoms with Gasteiger partial charge in [0.15, 0.2) is 0 Å². The minimum atomic E-state index is -0.592. The molecule has 184 valence electrons. The molecule has 3 aromatic carbocycles. The third-order valence-electron chi connectivity index (χ3n) is 5.95. The molecule has 36 heavy (non-hydrogen) atoms. The Bertz CT molecular complexity index is 1340. The van der Waals surface area contributed by atoms with E-state index in [1.165, 1.54) is 0 Å². The van der Waals surface area contributed by atoms with Crippen LogP contribution in [0.4, 0.5) is 11.4 Å². The number of amides is 2. The summed E-state index contributed by atoms with van der Waals surface area (Å²) in [5.41, 5.74) is 3.51. The van der Waals surface area contributed by atoms with Crippen LogP contribution in [0.3, 0.4) is 0 Å². The van der Waals surface area contributed by atoms with Gasteiger partial charge in [0, 0.05) is 5.69 Å². The molecule has 0 atom stereocenters. The summed E-state index contributed by atoms with van der Waals surface area (Å²) in [6.07, 6.45) is 0.848. The molecule has 0 aromatic heterocycles. The minimum Gasteiger partial charge on any atom is -0.423 e. The predicted molar refractivity (Wildman–Crippen MR) is 141 cm³/mol. The van der Waals surface area contributed by atoms with Crippen molar-refractivity contribution in [3.63, 3.8) is 0 Å². The first-order valence-electron chi connectivity index (χ1n) is 11.7. The molecule has 0 saturated heterocycles. The number of benzene rings is 3. The second-order valence-corrected chi connectivity index (χ2v) is 9.90. The topological polar surface area (TPSA) is 75.7 Å². The molecule has 0 spiro atoms. The molecule has 2 amide bonds. The first-order valence-corrected chi connectivity index (χ1v) is 12.0. The van der Waals surface area contributed by atoms with E-state index in [0.29, 0.717) is 22.7 Å². The van der Waals surface area contributed by atoms with Crippen molar-refractivity contribution < 1.29 is 19.1 Å². The number of hydrogen-bond donors (Lipinski definition) is 1. The fraction of sp³-hybridized carbons (Fsp3) is 0.207. The Hall–Kier alpha value is -3.90. The van der Waals surface area contributed by atoms with Gasteiger partial charge in [-0.2, -0.15) is 0 Å². The van der Waals surface area contributed by atoms with Crippen LogP contribution < -0.4 is 15.0 Å². The average molecular weight is 503 g/mol. The van der Waals surface area contributed by atoms with Gasteiger partial charge in [-0.15, -0.1) is 0 Å². The van der Waals surface area contributed by atoms with Crippen LogP contribution in [0, 0.1) is 0 Å². The Morgan fingerprint density at radius 1 is 0.889 bits per heavy atom. The lowest BCUT2D eigenvalue weighted by molar-refractivity contribution is -0.120. The number of halogens is 1. The van der Waals surface area contributed by atoms with Gasteiger partial charge in [0.05, 0.1) is 11.3 Å². The fourth-order valence-corrected chi connectivity index (χ4v) is 3.96. The maximum absolute atomic E-state index is 13.0. The van der Waals surface area contributed by atoms with E-state index < -0.39 is 17.8 Å². The number of carbonyl (C=O) groups is 3. The standard InChI is InChI=1S/C29H27ClN2O4/c1-5-18-6-14-22(15-7-18)32-26(33)24(30)25(27(32)34)31-21-12-8-19(9-13-21)28(35)36-23-16-10-20(11-17-23)29(2,3)4/h6-17,31H,5H2,1-4H3. The number of imide groups is 1. The van der Waals surface area contributed by atoms with Crippen LogP contribution in [0.5, 0.6) is 5.75 Å². The molecule has 0 fully saturated rings. The molecule has 1 N–H and O–H groups in total. The molecule has 0 bridgehead atoms. The Labute approximate surface area is 215 Å². The zero-order chi connectivity index (χ0) is 26.0.